The number of nitrogens with zero attached hydrogens (tertiary/aromatic N) is 2. The van der Waals surface area contributed by atoms with Gasteiger partial charge in [-0.1, -0.05) is 6.92 Å². The van der Waals surface area contributed by atoms with Gasteiger partial charge in [-0.15, -0.1) is 0 Å². The van der Waals surface area contributed by atoms with E-state index in [1.807, 2.05) is 25.1 Å². The van der Waals surface area contributed by atoms with Crippen molar-refractivity contribution in [1.29, 1.82) is 0 Å². The van der Waals surface area contributed by atoms with E-state index in [4.69, 9.17) is 4.74 Å². The van der Waals surface area contributed by atoms with Crippen molar-refractivity contribution in [2.75, 3.05) is 0 Å². The molecule has 0 atom stereocenters. The molecular formula is C17H21N3O. The summed E-state index contributed by atoms with van der Waals surface area (Å²) in [6, 6.07) is 8.72. The molecule has 1 aliphatic rings. The number of hydrogen-bond donors (Lipinski definition) is 1. The molecule has 4 nitrogen and oxygen atoms in total. The van der Waals surface area contributed by atoms with Crippen LogP contribution in [0.2, 0.25) is 0 Å². The van der Waals surface area contributed by atoms with Crippen molar-refractivity contribution in [3.05, 3.63) is 47.4 Å². The molecule has 0 radical (unpaired) electrons. The zero-order valence-electron chi connectivity index (χ0n) is 12.6. The molecule has 3 rings (SSSR count). The first-order chi connectivity index (χ1) is 10.2. The van der Waals surface area contributed by atoms with E-state index in [0.717, 1.165) is 30.1 Å². The van der Waals surface area contributed by atoms with Gasteiger partial charge in [0.2, 0.25) is 5.88 Å². The third-order valence-corrected chi connectivity index (χ3v) is 3.56. The Labute approximate surface area is 125 Å². The molecule has 0 saturated heterocycles. The maximum absolute atomic E-state index is 5.84. The van der Waals surface area contributed by atoms with Gasteiger partial charge in [0.25, 0.3) is 0 Å². The summed E-state index contributed by atoms with van der Waals surface area (Å²) >= 11 is 0. The fourth-order valence-electron chi connectivity index (χ4n) is 2.14. The Bertz CT molecular complexity index is 606. The predicted octanol–water partition coefficient (Wildman–Crippen LogP) is 3.39. The molecule has 0 aromatic carbocycles. The van der Waals surface area contributed by atoms with Crippen LogP contribution in [-0.4, -0.2) is 16.0 Å². The Kier molecular flexibility index (Phi) is 4.15. The largest absolute Gasteiger partial charge is 0.437 e. The number of ether oxygens (including phenoxy) is 1. The lowest BCUT2D eigenvalue weighted by Crippen LogP contribution is -2.15. The van der Waals surface area contributed by atoms with Crippen LogP contribution in [0.15, 0.2) is 30.5 Å². The minimum Gasteiger partial charge on any atom is -0.437 e. The molecule has 1 saturated carbocycles. The second kappa shape index (κ2) is 6.22. The predicted molar refractivity (Wildman–Crippen MR) is 82.5 cm³/mol. The van der Waals surface area contributed by atoms with E-state index >= 15 is 0 Å². The Morgan fingerprint density at radius 1 is 1.29 bits per heavy atom. The molecule has 1 aliphatic carbocycles. The monoisotopic (exact) mass is 283 g/mol. The molecule has 0 unspecified atom stereocenters. The molecule has 110 valence electrons. The topological polar surface area (TPSA) is 47.0 Å². The fraction of sp³-hybridized carbons (Fsp3) is 0.412. The third kappa shape index (κ3) is 4.02. The standard InChI is InChI=1S/C17H21N3O/c1-3-14-8-13(10-19-15-5-6-15)9-17(20-14)21-16-7-4-12(2)18-11-16/h4,7-9,11,15,19H,3,5-6,10H2,1-2H3. The first-order valence-corrected chi connectivity index (χ1v) is 7.56. The second-order valence-electron chi connectivity index (χ2n) is 5.55. The zero-order chi connectivity index (χ0) is 14.7. The first-order valence-electron chi connectivity index (χ1n) is 7.56. The van der Waals surface area contributed by atoms with Crippen LogP contribution < -0.4 is 10.1 Å². The molecule has 1 fully saturated rings. The molecule has 1 N–H and O–H groups in total. The van der Waals surface area contributed by atoms with Gasteiger partial charge in [-0.25, -0.2) is 4.98 Å². The van der Waals surface area contributed by atoms with E-state index in [2.05, 4.69) is 28.3 Å². The van der Waals surface area contributed by atoms with E-state index in [0.29, 0.717) is 11.9 Å². The molecule has 2 aromatic rings. The smallest absolute Gasteiger partial charge is 0.219 e. The Balaban J connectivity index is 1.75. The van der Waals surface area contributed by atoms with Crippen molar-refractivity contribution < 1.29 is 4.74 Å². The van der Waals surface area contributed by atoms with Crippen LogP contribution in [0.3, 0.4) is 0 Å². The number of rotatable bonds is 6. The Morgan fingerprint density at radius 2 is 2.14 bits per heavy atom. The summed E-state index contributed by atoms with van der Waals surface area (Å²) in [5.41, 5.74) is 3.26. The Morgan fingerprint density at radius 3 is 2.81 bits per heavy atom. The summed E-state index contributed by atoms with van der Waals surface area (Å²) in [6.07, 6.45) is 5.23. The van der Waals surface area contributed by atoms with Crippen molar-refractivity contribution >= 4 is 0 Å². The van der Waals surface area contributed by atoms with Gasteiger partial charge in [-0.05, 0) is 49.9 Å². The van der Waals surface area contributed by atoms with Crippen LogP contribution in [0.5, 0.6) is 11.6 Å². The average molecular weight is 283 g/mol. The summed E-state index contributed by atoms with van der Waals surface area (Å²) in [7, 11) is 0. The van der Waals surface area contributed by atoms with Crippen LogP contribution in [0.25, 0.3) is 0 Å². The zero-order valence-corrected chi connectivity index (χ0v) is 12.6. The van der Waals surface area contributed by atoms with Gasteiger partial charge < -0.3 is 10.1 Å². The highest BCUT2D eigenvalue weighted by Crippen LogP contribution is 2.23. The lowest BCUT2D eigenvalue weighted by Gasteiger charge is -2.10. The van der Waals surface area contributed by atoms with Crippen LogP contribution in [-0.2, 0) is 13.0 Å². The van der Waals surface area contributed by atoms with Crippen LogP contribution >= 0.6 is 0 Å². The Hall–Kier alpha value is -1.94. The molecule has 2 aromatic heterocycles. The maximum atomic E-state index is 5.84. The molecule has 21 heavy (non-hydrogen) atoms. The van der Waals surface area contributed by atoms with Gasteiger partial charge in [-0.3, -0.25) is 4.98 Å². The van der Waals surface area contributed by atoms with Crippen LogP contribution in [0, 0.1) is 6.92 Å². The van der Waals surface area contributed by atoms with Crippen molar-refractivity contribution in [3.63, 3.8) is 0 Å². The summed E-state index contributed by atoms with van der Waals surface area (Å²) in [6.45, 7) is 4.95. The highest BCUT2D eigenvalue weighted by molar-refractivity contribution is 5.30. The fourth-order valence-corrected chi connectivity index (χ4v) is 2.14. The lowest BCUT2D eigenvalue weighted by molar-refractivity contribution is 0.457. The summed E-state index contributed by atoms with van der Waals surface area (Å²) in [5, 5.41) is 3.53. The normalized spacial score (nSPS) is 14.2. The molecular weight excluding hydrogens is 262 g/mol. The second-order valence-corrected chi connectivity index (χ2v) is 5.55. The number of nitrogens with one attached hydrogen (secondary N) is 1. The molecule has 0 amide bonds. The quantitative estimate of drug-likeness (QED) is 0.882. The molecule has 0 aliphatic heterocycles. The number of aromatic nitrogens is 2. The lowest BCUT2D eigenvalue weighted by atomic mass is 10.2. The van der Waals surface area contributed by atoms with E-state index in [1.165, 1.54) is 18.4 Å². The molecule has 2 heterocycles. The maximum Gasteiger partial charge on any atom is 0.219 e. The number of pyridine rings is 2. The number of hydrogen-bond acceptors (Lipinski definition) is 4. The van der Waals surface area contributed by atoms with Gasteiger partial charge in [0.05, 0.1) is 6.20 Å². The third-order valence-electron chi connectivity index (χ3n) is 3.56. The summed E-state index contributed by atoms with van der Waals surface area (Å²) in [4.78, 5) is 8.78. The van der Waals surface area contributed by atoms with Gasteiger partial charge in [0, 0.05) is 30.0 Å². The van der Waals surface area contributed by atoms with Crippen LogP contribution in [0.1, 0.15) is 36.7 Å². The van der Waals surface area contributed by atoms with E-state index < -0.39 is 0 Å². The van der Waals surface area contributed by atoms with Crippen molar-refractivity contribution in [1.82, 2.24) is 15.3 Å². The summed E-state index contributed by atoms with van der Waals surface area (Å²) < 4.78 is 5.84. The minimum atomic E-state index is 0.646. The van der Waals surface area contributed by atoms with Crippen molar-refractivity contribution in [2.24, 2.45) is 0 Å². The van der Waals surface area contributed by atoms with Gasteiger partial charge >= 0.3 is 0 Å². The SMILES string of the molecule is CCc1cc(CNC2CC2)cc(Oc2ccc(C)nc2)n1. The molecule has 0 bridgehead atoms. The molecule has 4 heteroatoms. The van der Waals surface area contributed by atoms with E-state index in [1.54, 1.807) is 6.20 Å². The van der Waals surface area contributed by atoms with Crippen molar-refractivity contribution in [2.45, 2.75) is 45.7 Å². The summed E-state index contributed by atoms with van der Waals surface area (Å²) in [5.74, 6) is 1.37. The average Bonchev–Trinajstić information content (AvgIpc) is 3.31. The highest BCUT2D eigenvalue weighted by atomic mass is 16.5. The number of aryl methyl sites for hydroxylation is 2. The minimum absolute atomic E-state index is 0.646. The first kappa shape index (κ1) is 14.0. The van der Waals surface area contributed by atoms with E-state index in [-0.39, 0.29) is 0 Å². The molecule has 0 spiro atoms. The van der Waals surface area contributed by atoms with Gasteiger partial charge in [0.1, 0.15) is 5.75 Å². The van der Waals surface area contributed by atoms with Gasteiger partial charge in [-0.2, -0.15) is 0 Å². The van der Waals surface area contributed by atoms with Crippen molar-refractivity contribution in [3.8, 4) is 11.6 Å². The van der Waals surface area contributed by atoms with Gasteiger partial charge in [0.15, 0.2) is 0 Å². The van der Waals surface area contributed by atoms with Crippen LogP contribution in [0.4, 0.5) is 0 Å². The van der Waals surface area contributed by atoms with E-state index in [9.17, 15) is 0 Å². The highest BCUT2D eigenvalue weighted by Gasteiger charge is 2.20.